The van der Waals surface area contributed by atoms with Crippen molar-refractivity contribution in [3.8, 4) is 5.75 Å². The number of hydrogen-bond donors (Lipinski definition) is 1. The Morgan fingerprint density at radius 1 is 1.19 bits per heavy atom. The summed E-state index contributed by atoms with van der Waals surface area (Å²) in [5.74, 6) is -0.303. The van der Waals surface area contributed by atoms with Crippen LogP contribution in [0.5, 0.6) is 5.75 Å². The van der Waals surface area contributed by atoms with Crippen molar-refractivity contribution in [2.24, 2.45) is 0 Å². The van der Waals surface area contributed by atoms with Gasteiger partial charge in [0.1, 0.15) is 23.4 Å². The number of halogens is 1. The highest BCUT2D eigenvalue weighted by Gasteiger charge is 2.18. The number of ether oxygens (including phenoxy) is 2. The van der Waals surface area contributed by atoms with Crippen molar-refractivity contribution in [1.82, 2.24) is 0 Å². The quantitative estimate of drug-likeness (QED) is 0.691. The molecule has 0 aromatic heterocycles. The molecular formula is C20H22FNO4S. The maximum Gasteiger partial charge on any atom is 0.319 e. The Morgan fingerprint density at radius 2 is 1.89 bits per heavy atom. The fraction of sp³-hybridized carbons (Fsp3) is 0.300. The lowest BCUT2D eigenvalue weighted by atomic mass is 10.1. The van der Waals surface area contributed by atoms with E-state index in [1.165, 1.54) is 36.0 Å². The number of hydrogen-bond acceptors (Lipinski definition) is 5. The molecule has 0 aliphatic rings. The lowest BCUT2D eigenvalue weighted by Crippen LogP contribution is -2.21. The number of carbonyl (C=O) groups is 2. The fourth-order valence-corrected chi connectivity index (χ4v) is 2.96. The Labute approximate surface area is 162 Å². The number of anilines is 1. The standard InChI is InChI=1S/C20H22FNO4S/c1-13-4-9-18(25-3)15(10-13)11-26-20(24)14(2)27-12-19(23)22-17-7-5-16(21)6-8-17/h4-10,14H,11-12H2,1-3H3,(H,22,23). The molecule has 27 heavy (non-hydrogen) atoms. The summed E-state index contributed by atoms with van der Waals surface area (Å²) in [6, 6.07) is 11.1. The smallest absolute Gasteiger partial charge is 0.319 e. The summed E-state index contributed by atoms with van der Waals surface area (Å²) in [6.45, 7) is 3.74. The summed E-state index contributed by atoms with van der Waals surface area (Å²) < 4.78 is 23.5. The van der Waals surface area contributed by atoms with E-state index in [0.717, 1.165) is 11.1 Å². The Bertz CT molecular complexity index is 795. The number of methoxy groups -OCH3 is 1. The van der Waals surface area contributed by atoms with E-state index in [2.05, 4.69) is 5.32 Å². The first-order chi connectivity index (χ1) is 12.9. The normalized spacial score (nSPS) is 11.6. The zero-order chi connectivity index (χ0) is 19.8. The molecule has 0 saturated heterocycles. The lowest BCUT2D eigenvalue weighted by molar-refractivity contribution is -0.143. The first kappa shape index (κ1) is 20.8. The number of benzene rings is 2. The second-order valence-electron chi connectivity index (χ2n) is 5.93. The van der Waals surface area contributed by atoms with Gasteiger partial charge >= 0.3 is 5.97 Å². The number of aryl methyl sites for hydroxylation is 1. The van der Waals surface area contributed by atoms with Gasteiger partial charge in [0.2, 0.25) is 5.91 Å². The van der Waals surface area contributed by atoms with E-state index in [4.69, 9.17) is 9.47 Å². The average Bonchev–Trinajstić information content (AvgIpc) is 2.66. The molecule has 2 aromatic carbocycles. The van der Waals surface area contributed by atoms with Gasteiger partial charge in [-0.2, -0.15) is 0 Å². The number of amides is 1. The molecule has 0 bridgehead atoms. The first-order valence-electron chi connectivity index (χ1n) is 8.36. The summed E-state index contributed by atoms with van der Waals surface area (Å²) in [5, 5.41) is 2.15. The number of carbonyl (C=O) groups excluding carboxylic acids is 2. The van der Waals surface area contributed by atoms with Crippen LogP contribution >= 0.6 is 11.8 Å². The van der Waals surface area contributed by atoms with Gasteiger partial charge in [0.05, 0.1) is 12.9 Å². The predicted octanol–water partition coefficient (Wildman–Crippen LogP) is 3.95. The molecule has 0 aliphatic carbocycles. The van der Waals surface area contributed by atoms with Gasteiger partial charge in [-0.1, -0.05) is 11.6 Å². The van der Waals surface area contributed by atoms with Crippen molar-refractivity contribution in [2.75, 3.05) is 18.2 Å². The summed E-state index contributed by atoms with van der Waals surface area (Å²) in [7, 11) is 1.56. The van der Waals surface area contributed by atoms with Gasteiger partial charge in [0, 0.05) is 11.3 Å². The SMILES string of the molecule is COc1ccc(C)cc1COC(=O)C(C)SCC(=O)Nc1ccc(F)cc1. The van der Waals surface area contributed by atoms with Gasteiger partial charge in [-0.15, -0.1) is 11.8 Å². The molecule has 0 aliphatic heterocycles. The van der Waals surface area contributed by atoms with Gasteiger partial charge in [0.15, 0.2) is 0 Å². The van der Waals surface area contributed by atoms with Crippen LogP contribution in [0.4, 0.5) is 10.1 Å². The molecule has 0 saturated carbocycles. The van der Waals surface area contributed by atoms with Crippen LogP contribution in [0.1, 0.15) is 18.1 Å². The zero-order valence-corrected chi connectivity index (χ0v) is 16.3. The van der Waals surface area contributed by atoms with Crippen LogP contribution in [-0.4, -0.2) is 30.0 Å². The summed E-state index contributed by atoms with van der Waals surface area (Å²) in [5.41, 5.74) is 2.34. The molecule has 0 fully saturated rings. The Kier molecular flexibility index (Phi) is 7.67. The van der Waals surface area contributed by atoms with Crippen molar-refractivity contribution >= 4 is 29.3 Å². The molecule has 1 unspecified atom stereocenters. The van der Waals surface area contributed by atoms with Crippen molar-refractivity contribution < 1.29 is 23.5 Å². The molecule has 144 valence electrons. The minimum absolute atomic E-state index is 0.0847. The highest BCUT2D eigenvalue weighted by Crippen LogP contribution is 2.21. The molecule has 1 amide bonds. The zero-order valence-electron chi connectivity index (χ0n) is 15.5. The van der Waals surface area contributed by atoms with Crippen LogP contribution in [0, 0.1) is 12.7 Å². The molecule has 0 radical (unpaired) electrons. The predicted molar refractivity (Wildman–Crippen MR) is 104 cm³/mol. The van der Waals surface area contributed by atoms with Crippen LogP contribution in [0.15, 0.2) is 42.5 Å². The second kappa shape index (κ2) is 9.97. The molecule has 7 heteroatoms. The van der Waals surface area contributed by atoms with Gasteiger partial charge in [-0.3, -0.25) is 9.59 Å². The number of nitrogens with one attached hydrogen (secondary N) is 1. The molecule has 1 N–H and O–H groups in total. The second-order valence-corrected chi connectivity index (χ2v) is 7.26. The lowest BCUT2D eigenvalue weighted by Gasteiger charge is -2.13. The van der Waals surface area contributed by atoms with E-state index in [9.17, 15) is 14.0 Å². The van der Waals surface area contributed by atoms with Crippen molar-refractivity contribution in [2.45, 2.75) is 25.7 Å². The molecular weight excluding hydrogens is 369 g/mol. The van der Waals surface area contributed by atoms with E-state index in [1.807, 2.05) is 25.1 Å². The van der Waals surface area contributed by atoms with E-state index >= 15 is 0 Å². The molecule has 2 aromatic rings. The maximum atomic E-state index is 12.9. The van der Waals surface area contributed by atoms with Crippen LogP contribution < -0.4 is 10.1 Å². The third kappa shape index (κ3) is 6.60. The van der Waals surface area contributed by atoms with Gasteiger partial charge in [-0.05, 0) is 50.2 Å². The Hall–Kier alpha value is -2.54. The summed E-state index contributed by atoms with van der Waals surface area (Å²) in [6.07, 6.45) is 0. The minimum Gasteiger partial charge on any atom is -0.496 e. The van der Waals surface area contributed by atoms with Gasteiger partial charge < -0.3 is 14.8 Å². The van der Waals surface area contributed by atoms with Crippen LogP contribution in [0.25, 0.3) is 0 Å². The van der Waals surface area contributed by atoms with E-state index in [-0.39, 0.29) is 24.1 Å². The molecule has 0 heterocycles. The first-order valence-corrected chi connectivity index (χ1v) is 9.41. The third-order valence-corrected chi connectivity index (χ3v) is 4.85. The molecule has 5 nitrogen and oxygen atoms in total. The van der Waals surface area contributed by atoms with E-state index in [1.54, 1.807) is 14.0 Å². The highest BCUT2D eigenvalue weighted by atomic mass is 32.2. The van der Waals surface area contributed by atoms with Gasteiger partial charge in [-0.25, -0.2) is 4.39 Å². The van der Waals surface area contributed by atoms with Crippen molar-refractivity contribution in [1.29, 1.82) is 0 Å². The van der Waals surface area contributed by atoms with E-state index < -0.39 is 11.2 Å². The molecule has 0 spiro atoms. The fourth-order valence-electron chi connectivity index (χ4n) is 2.29. The van der Waals surface area contributed by atoms with Crippen molar-refractivity contribution in [3.63, 3.8) is 0 Å². The van der Waals surface area contributed by atoms with Crippen LogP contribution in [0.2, 0.25) is 0 Å². The number of esters is 1. The highest BCUT2D eigenvalue weighted by molar-refractivity contribution is 8.01. The Morgan fingerprint density at radius 3 is 2.56 bits per heavy atom. The number of rotatable bonds is 8. The monoisotopic (exact) mass is 391 g/mol. The largest absolute Gasteiger partial charge is 0.496 e. The average molecular weight is 391 g/mol. The number of thioether (sulfide) groups is 1. The van der Waals surface area contributed by atoms with Crippen molar-refractivity contribution in [3.05, 3.63) is 59.4 Å². The van der Waals surface area contributed by atoms with E-state index in [0.29, 0.717) is 11.4 Å². The Balaban J connectivity index is 1.79. The maximum absolute atomic E-state index is 12.9. The topological polar surface area (TPSA) is 64.6 Å². The third-order valence-electron chi connectivity index (χ3n) is 3.73. The molecule has 2 rings (SSSR count). The summed E-state index contributed by atoms with van der Waals surface area (Å²) >= 11 is 1.17. The minimum atomic E-state index is -0.500. The van der Waals surface area contributed by atoms with Crippen LogP contribution in [0.3, 0.4) is 0 Å². The van der Waals surface area contributed by atoms with Crippen LogP contribution in [-0.2, 0) is 20.9 Å². The molecule has 1 atom stereocenters. The van der Waals surface area contributed by atoms with Gasteiger partial charge in [0.25, 0.3) is 0 Å². The summed E-state index contributed by atoms with van der Waals surface area (Å²) in [4.78, 5) is 24.1.